The summed E-state index contributed by atoms with van der Waals surface area (Å²) in [7, 11) is 1.49. The maximum atomic E-state index is 12.7. The summed E-state index contributed by atoms with van der Waals surface area (Å²) >= 11 is 12.1. The number of fused-ring (bicyclic) bond motifs is 1. The number of ether oxygens (including phenoxy) is 4. The molecule has 0 aliphatic carbocycles. The second-order valence-corrected chi connectivity index (χ2v) is 9.69. The fourth-order valence-corrected chi connectivity index (χ4v) is 4.72. The van der Waals surface area contributed by atoms with Crippen LogP contribution < -0.4 is 24.7 Å². The standard InChI is InChI=1S/C31H22Cl2N2O5/c1-37-27-12-7-20(14-26(27)33)31(36)39-23-10-11-24-28(15-23)40-30(35)25(16-34)29(24)19-3-2-4-22(13-19)38-17-18-5-8-21(32)9-6-18/h2-15,29H,17,35H2,1H3. The number of nitriles is 1. The topological polar surface area (TPSA) is 104 Å². The maximum Gasteiger partial charge on any atom is 0.343 e. The number of hydrogen-bond acceptors (Lipinski definition) is 7. The molecule has 9 heteroatoms. The SMILES string of the molecule is COc1ccc(C(=O)Oc2ccc3c(c2)OC(N)=C(C#N)C3c2cccc(OCc3ccc(Cl)cc3)c2)cc1Cl. The first-order valence-corrected chi connectivity index (χ1v) is 12.9. The maximum absolute atomic E-state index is 12.7. The smallest absolute Gasteiger partial charge is 0.343 e. The summed E-state index contributed by atoms with van der Waals surface area (Å²) in [4.78, 5) is 12.7. The number of halogens is 2. The second kappa shape index (κ2) is 11.6. The van der Waals surface area contributed by atoms with Gasteiger partial charge in [-0.3, -0.25) is 0 Å². The predicted molar refractivity (Wildman–Crippen MR) is 151 cm³/mol. The van der Waals surface area contributed by atoms with Crippen molar-refractivity contribution in [2.24, 2.45) is 5.73 Å². The largest absolute Gasteiger partial charge is 0.495 e. The zero-order valence-corrected chi connectivity index (χ0v) is 22.7. The van der Waals surface area contributed by atoms with Gasteiger partial charge in [0.25, 0.3) is 0 Å². The Labute approximate surface area is 240 Å². The molecule has 0 fully saturated rings. The van der Waals surface area contributed by atoms with Crippen LogP contribution in [0.2, 0.25) is 10.0 Å². The highest BCUT2D eigenvalue weighted by atomic mass is 35.5. The minimum absolute atomic E-state index is 0.0297. The lowest BCUT2D eigenvalue weighted by Gasteiger charge is -2.27. The molecule has 1 atom stereocenters. The Balaban J connectivity index is 1.40. The lowest BCUT2D eigenvalue weighted by molar-refractivity contribution is 0.0734. The molecule has 1 aliphatic heterocycles. The van der Waals surface area contributed by atoms with E-state index in [4.69, 9.17) is 47.9 Å². The number of carbonyl (C=O) groups is 1. The molecular formula is C31H22Cl2N2O5. The number of hydrogen-bond donors (Lipinski definition) is 1. The Kier molecular flexibility index (Phi) is 7.83. The van der Waals surface area contributed by atoms with Crippen molar-refractivity contribution in [3.05, 3.63) is 129 Å². The molecule has 0 spiro atoms. The summed E-state index contributed by atoms with van der Waals surface area (Å²) in [5.41, 5.74) is 9.12. The summed E-state index contributed by atoms with van der Waals surface area (Å²) < 4.78 is 22.5. The van der Waals surface area contributed by atoms with Gasteiger partial charge in [-0.2, -0.15) is 5.26 Å². The van der Waals surface area contributed by atoms with E-state index in [2.05, 4.69) is 6.07 Å². The van der Waals surface area contributed by atoms with Crippen molar-refractivity contribution in [1.29, 1.82) is 5.26 Å². The molecule has 4 aromatic carbocycles. The van der Waals surface area contributed by atoms with Crippen molar-refractivity contribution >= 4 is 29.2 Å². The quantitative estimate of drug-likeness (QED) is 0.187. The van der Waals surface area contributed by atoms with E-state index in [1.165, 1.54) is 13.2 Å². The van der Waals surface area contributed by atoms with Gasteiger partial charge in [0, 0.05) is 16.7 Å². The van der Waals surface area contributed by atoms with Crippen LogP contribution in [0.4, 0.5) is 0 Å². The zero-order valence-electron chi connectivity index (χ0n) is 21.2. The molecule has 1 unspecified atom stereocenters. The molecule has 40 heavy (non-hydrogen) atoms. The number of allylic oxidation sites excluding steroid dienone is 1. The van der Waals surface area contributed by atoms with Crippen LogP contribution in [0.5, 0.6) is 23.0 Å². The molecule has 5 rings (SSSR count). The highest BCUT2D eigenvalue weighted by molar-refractivity contribution is 6.32. The third kappa shape index (κ3) is 5.69. The minimum Gasteiger partial charge on any atom is -0.495 e. The van der Waals surface area contributed by atoms with Crippen molar-refractivity contribution in [3.63, 3.8) is 0 Å². The summed E-state index contributed by atoms with van der Waals surface area (Å²) in [5, 5.41) is 10.9. The highest BCUT2D eigenvalue weighted by Crippen LogP contribution is 2.44. The first-order valence-electron chi connectivity index (χ1n) is 12.1. The van der Waals surface area contributed by atoms with Gasteiger partial charge >= 0.3 is 5.97 Å². The molecule has 0 amide bonds. The van der Waals surface area contributed by atoms with Gasteiger partial charge in [-0.05, 0) is 59.7 Å². The van der Waals surface area contributed by atoms with Crippen molar-refractivity contribution in [3.8, 4) is 29.1 Å². The minimum atomic E-state index is -0.608. The lowest BCUT2D eigenvalue weighted by Crippen LogP contribution is -2.21. The number of benzene rings is 4. The van der Waals surface area contributed by atoms with Gasteiger partial charge in [-0.15, -0.1) is 0 Å². The van der Waals surface area contributed by atoms with E-state index in [1.807, 2.05) is 36.4 Å². The average molecular weight is 573 g/mol. The Bertz CT molecular complexity index is 1660. The molecule has 4 aromatic rings. The van der Waals surface area contributed by atoms with Crippen molar-refractivity contribution in [2.75, 3.05) is 7.11 Å². The number of rotatable bonds is 7. The number of esters is 1. The van der Waals surface area contributed by atoms with Crippen molar-refractivity contribution < 1.29 is 23.7 Å². The van der Waals surface area contributed by atoms with Gasteiger partial charge in [0.1, 0.15) is 41.2 Å². The summed E-state index contributed by atoms with van der Waals surface area (Å²) in [6.07, 6.45) is 0. The second-order valence-electron chi connectivity index (χ2n) is 8.85. The lowest BCUT2D eigenvalue weighted by atomic mass is 9.83. The zero-order chi connectivity index (χ0) is 28.2. The average Bonchev–Trinajstić information content (AvgIpc) is 2.96. The van der Waals surface area contributed by atoms with Crippen LogP contribution >= 0.6 is 23.2 Å². The molecule has 0 saturated heterocycles. The molecular weight excluding hydrogens is 551 g/mol. The summed E-state index contributed by atoms with van der Waals surface area (Å²) in [6, 6.07) is 26.6. The molecule has 200 valence electrons. The fraction of sp³-hybridized carbons (Fsp3) is 0.0968. The van der Waals surface area contributed by atoms with E-state index in [9.17, 15) is 10.1 Å². The van der Waals surface area contributed by atoms with E-state index in [-0.39, 0.29) is 27.8 Å². The van der Waals surface area contributed by atoms with Crippen LogP contribution in [0, 0.1) is 11.3 Å². The summed E-state index contributed by atoms with van der Waals surface area (Å²) in [5.74, 6) is 0.524. The Morgan fingerprint density at radius 1 is 1.00 bits per heavy atom. The van der Waals surface area contributed by atoms with Crippen LogP contribution in [0.15, 0.2) is 96.4 Å². The highest BCUT2D eigenvalue weighted by Gasteiger charge is 2.31. The molecule has 0 aromatic heterocycles. The first-order chi connectivity index (χ1) is 19.4. The molecule has 0 saturated carbocycles. The van der Waals surface area contributed by atoms with Crippen LogP contribution in [-0.4, -0.2) is 13.1 Å². The monoisotopic (exact) mass is 572 g/mol. The van der Waals surface area contributed by atoms with Crippen molar-refractivity contribution in [1.82, 2.24) is 0 Å². The number of nitrogens with zero attached hydrogens (tertiary/aromatic N) is 1. The summed E-state index contributed by atoms with van der Waals surface area (Å²) in [6.45, 7) is 0.349. The van der Waals surface area contributed by atoms with Gasteiger partial charge in [0.05, 0.1) is 23.6 Å². The van der Waals surface area contributed by atoms with E-state index in [0.717, 1.165) is 11.1 Å². The normalized spacial score (nSPS) is 14.0. The Hall–Kier alpha value is -4.64. The predicted octanol–water partition coefficient (Wildman–Crippen LogP) is 7.02. The van der Waals surface area contributed by atoms with E-state index in [1.54, 1.807) is 42.5 Å². The molecule has 2 N–H and O–H groups in total. The Morgan fingerprint density at radius 3 is 2.52 bits per heavy atom. The third-order valence-electron chi connectivity index (χ3n) is 6.30. The molecule has 0 radical (unpaired) electrons. The van der Waals surface area contributed by atoms with Gasteiger partial charge in [0.15, 0.2) is 0 Å². The molecule has 1 aliphatic rings. The van der Waals surface area contributed by atoms with Crippen LogP contribution in [0.25, 0.3) is 0 Å². The van der Waals surface area contributed by atoms with E-state index >= 15 is 0 Å². The third-order valence-corrected chi connectivity index (χ3v) is 6.85. The molecule has 7 nitrogen and oxygen atoms in total. The van der Waals surface area contributed by atoms with Crippen LogP contribution in [0.1, 0.15) is 33.0 Å². The van der Waals surface area contributed by atoms with Gasteiger partial charge in [-0.25, -0.2) is 4.79 Å². The molecule has 1 heterocycles. The fourth-order valence-electron chi connectivity index (χ4n) is 4.33. The van der Waals surface area contributed by atoms with E-state index < -0.39 is 11.9 Å². The first kappa shape index (κ1) is 26.9. The molecule has 0 bridgehead atoms. The van der Waals surface area contributed by atoms with Gasteiger partial charge in [0.2, 0.25) is 5.88 Å². The number of methoxy groups -OCH3 is 1. The van der Waals surface area contributed by atoms with Crippen LogP contribution in [-0.2, 0) is 6.61 Å². The van der Waals surface area contributed by atoms with Gasteiger partial charge < -0.3 is 24.7 Å². The number of carbonyl (C=O) groups excluding carboxylic acids is 1. The number of nitrogens with two attached hydrogens (primary N) is 1. The van der Waals surface area contributed by atoms with Crippen LogP contribution in [0.3, 0.4) is 0 Å². The van der Waals surface area contributed by atoms with E-state index in [0.29, 0.717) is 34.4 Å². The van der Waals surface area contributed by atoms with Crippen molar-refractivity contribution in [2.45, 2.75) is 12.5 Å². The Morgan fingerprint density at radius 2 is 1.80 bits per heavy atom. The van der Waals surface area contributed by atoms with Gasteiger partial charge in [-0.1, -0.05) is 53.5 Å².